The Morgan fingerprint density at radius 3 is 2.62 bits per heavy atom. The van der Waals surface area contributed by atoms with Crippen molar-refractivity contribution in [3.05, 3.63) is 82.9 Å². The van der Waals surface area contributed by atoms with Crippen LogP contribution in [0.3, 0.4) is 0 Å². The molecule has 3 aromatic carbocycles. The van der Waals surface area contributed by atoms with Crippen LogP contribution >= 0.6 is 0 Å². The molecule has 0 saturated carbocycles. The number of carbonyl (C=O) groups is 2. The van der Waals surface area contributed by atoms with Gasteiger partial charge in [0.05, 0.1) is 5.56 Å². The van der Waals surface area contributed by atoms with Gasteiger partial charge in [-0.05, 0) is 73.3 Å². The van der Waals surface area contributed by atoms with Crippen LogP contribution in [0.15, 0.2) is 60.7 Å². The molecule has 2 N–H and O–H groups in total. The second-order valence-electron chi connectivity index (χ2n) is 8.88. The van der Waals surface area contributed by atoms with Crippen molar-refractivity contribution in [2.45, 2.75) is 31.7 Å². The lowest BCUT2D eigenvalue weighted by molar-refractivity contribution is -0.134. The number of nitrogens with two attached hydrogens (primary N) is 1. The first kappa shape index (κ1) is 22.3. The highest BCUT2D eigenvalue weighted by atomic mass is 16.6. The molecule has 1 heterocycles. The highest BCUT2D eigenvalue weighted by Crippen LogP contribution is 2.51. The van der Waals surface area contributed by atoms with Gasteiger partial charge < -0.3 is 15.2 Å². The lowest BCUT2D eigenvalue weighted by Crippen LogP contribution is -2.35. The third-order valence-electron chi connectivity index (χ3n) is 6.70. The van der Waals surface area contributed by atoms with Gasteiger partial charge in [0, 0.05) is 24.6 Å². The van der Waals surface area contributed by atoms with Crippen LogP contribution in [-0.4, -0.2) is 37.0 Å². The van der Waals surface area contributed by atoms with Crippen LogP contribution in [0.4, 0.5) is 0 Å². The zero-order valence-electron chi connectivity index (χ0n) is 19.3. The van der Waals surface area contributed by atoms with Gasteiger partial charge in [0.1, 0.15) is 0 Å². The van der Waals surface area contributed by atoms with Crippen LogP contribution in [0.2, 0.25) is 0 Å². The van der Waals surface area contributed by atoms with E-state index in [4.69, 9.17) is 15.2 Å². The fourth-order valence-corrected chi connectivity index (χ4v) is 4.98. The summed E-state index contributed by atoms with van der Waals surface area (Å²) in [5, 5.41) is 0. The first-order valence-corrected chi connectivity index (χ1v) is 11.7. The topological polar surface area (TPSA) is 81.9 Å². The number of carbonyl (C=O) groups excluding carboxylic acids is 2. The lowest BCUT2D eigenvalue weighted by atomic mass is 9.77. The molecule has 2 aliphatic rings. The minimum absolute atomic E-state index is 0.202. The van der Waals surface area contributed by atoms with Gasteiger partial charge >= 0.3 is 11.9 Å². The Hall–Kier alpha value is -3.48. The number of hydrogen-bond acceptors (Lipinski definition) is 6. The number of benzene rings is 3. The van der Waals surface area contributed by atoms with Crippen molar-refractivity contribution in [1.29, 1.82) is 0 Å². The standard InChI is InChI=1S/C28H28N2O4/c1-30-16-14-18-9-5-10-21-25(18)22(30)17-20-12-13-23(33-24(31)11-6-15-29)27(26(20)21)34-28(32)19-7-3-2-4-8-19/h2-5,7-10,12-13,22H,6,11,14-17,29H2,1H3/t22-/m1/s1. The summed E-state index contributed by atoms with van der Waals surface area (Å²) in [6, 6.07) is 19.1. The summed E-state index contributed by atoms with van der Waals surface area (Å²) in [6.07, 6.45) is 2.50. The maximum atomic E-state index is 13.1. The van der Waals surface area contributed by atoms with E-state index in [-0.39, 0.29) is 18.2 Å². The molecule has 1 atom stereocenters. The first-order valence-electron chi connectivity index (χ1n) is 11.7. The van der Waals surface area contributed by atoms with Crippen molar-refractivity contribution in [2.75, 3.05) is 20.1 Å². The predicted molar refractivity (Wildman–Crippen MR) is 130 cm³/mol. The molecule has 0 fully saturated rings. The molecule has 0 saturated heterocycles. The van der Waals surface area contributed by atoms with E-state index >= 15 is 0 Å². The number of fused-ring (bicyclic) bond motifs is 2. The SMILES string of the molecule is CN1CCc2cccc3c2[C@H]1Cc1ccc(OC(=O)CCCN)c(OC(=O)c2ccccc2)c1-3. The van der Waals surface area contributed by atoms with E-state index in [0.29, 0.717) is 24.3 Å². The monoisotopic (exact) mass is 456 g/mol. The summed E-state index contributed by atoms with van der Waals surface area (Å²) in [5.41, 5.74) is 11.5. The van der Waals surface area contributed by atoms with Crippen LogP contribution in [0.5, 0.6) is 11.5 Å². The second-order valence-corrected chi connectivity index (χ2v) is 8.88. The van der Waals surface area contributed by atoms with Gasteiger partial charge in [0.25, 0.3) is 0 Å². The minimum Gasteiger partial charge on any atom is -0.422 e. The van der Waals surface area contributed by atoms with E-state index in [1.807, 2.05) is 18.2 Å². The zero-order valence-corrected chi connectivity index (χ0v) is 19.3. The van der Waals surface area contributed by atoms with Crippen LogP contribution in [0.1, 0.15) is 45.9 Å². The molecule has 5 rings (SSSR count). The summed E-state index contributed by atoms with van der Waals surface area (Å²) in [4.78, 5) is 27.9. The third kappa shape index (κ3) is 4.11. The number of ether oxygens (including phenoxy) is 2. The quantitative estimate of drug-likeness (QED) is 0.440. The molecule has 3 aromatic rings. The maximum Gasteiger partial charge on any atom is 0.343 e. The van der Waals surface area contributed by atoms with Crippen molar-refractivity contribution < 1.29 is 19.1 Å². The molecular weight excluding hydrogens is 428 g/mol. The van der Waals surface area contributed by atoms with Crippen LogP contribution in [0, 0.1) is 0 Å². The van der Waals surface area contributed by atoms with Crippen molar-refractivity contribution in [3.8, 4) is 22.6 Å². The van der Waals surface area contributed by atoms with Gasteiger partial charge in [-0.15, -0.1) is 0 Å². The number of rotatable bonds is 6. The summed E-state index contributed by atoms with van der Waals surface area (Å²) >= 11 is 0. The third-order valence-corrected chi connectivity index (χ3v) is 6.70. The fraction of sp³-hybridized carbons (Fsp3) is 0.286. The number of hydrogen-bond donors (Lipinski definition) is 1. The van der Waals surface area contributed by atoms with Crippen molar-refractivity contribution in [3.63, 3.8) is 0 Å². The summed E-state index contributed by atoms with van der Waals surface area (Å²) in [5.74, 6) is -0.332. The van der Waals surface area contributed by atoms with Crippen molar-refractivity contribution >= 4 is 11.9 Å². The minimum atomic E-state index is -0.489. The molecule has 1 aliphatic heterocycles. The van der Waals surface area contributed by atoms with E-state index in [2.05, 4.69) is 24.1 Å². The predicted octanol–water partition coefficient (Wildman–Crippen LogP) is 4.30. The van der Waals surface area contributed by atoms with Crippen molar-refractivity contribution in [1.82, 2.24) is 4.90 Å². The molecule has 0 amide bonds. The molecule has 0 spiro atoms. The highest BCUT2D eigenvalue weighted by Gasteiger charge is 2.35. The van der Waals surface area contributed by atoms with E-state index < -0.39 is 11.9 Å². The van der Waals surface area contributed by atoms with Gasteiger partial charge in [-0.25, -0.2) is 4.79 Å². The summed E-state index contributed by atoms with van der Waals surface area (Å²) in [6.45, 7) is 1.41. The molecule has 0 bridgehead atoms. The van der Waals surface area contributed by atoms with Crippen LogP contribution in [-0.2, 0) is 17.6 Å². The number of likely N-dealkylation sites (N-methyl/N-ethyl adjacent to an activating group) is 1. The van der Waals surface area contributed by atoms with Crippen LogP contribution < -0.4 is 15.2 Å². The average Bonchev–Trinajstić information content (AvgIpc) is 2.86. The fourth-order valence-electron chi connectivity index (χ4n) is 4.98. The van der Waals surface area contributed by atoms with Crippen molar-refractivity contribution in [2.24, 2.45) is 5.73 Å². The normalized spacial score (nSPS) is 16.4. The largest absolute Gasteiger partial charge is 0.422 e. The highest BCUT2D eigenvalue weighted by molar-refractivity contribution is 5.94. The van der Waals surface area contributed by atoms with Gasteiger partial charge in [0.15, 0.2) is 11.5 Å². The second kappa shape index (κ2) is 9.41. The summed E-state index contributed by atoms with van der Waals surface area (Å²) < 4.78 is 11.7. The Kier molecular flexibility index (Phi) is 6.18. The summed E-state index contributed by atoms with van der Waals surface area (Å²) in [7, 11) is 2.15. The molecule has 6 heteroatoms. The molecule has 0 unspecified atom stereocenters. The van der Waals surface area contributed by atoms with Crippen LogP contribution in [0.25, 0.3) is 11.1 Å². The molecule has 34 heavy (non-hydrogen) atoms. The van der Waals surface area contributed by atoms with E-state index in [1.165, 1.54) is 11.1 Å². The maximum absolute atomic E-state index is 13.1. The Morgan fingerprint density at radius 1 is 1.00 bits per heavy atom. The smallest absolute Gasteiger partial charge is 0.343 e. The average molecular weight is 457 g/mol. The van der Waals surface area contributed by atoms with Gasteiger partial charge in [-0.3, -0.25) is 9.69 Å². The molecule has 0 radical (unpaired) electrons. The van der Waals surface area contributed by atoms with Gasteiger partial charge in [-0.1, -0.05) is 42.5 Å². The number of esters is 2. The molecule has 0 aromatic heterocycles. The molecular formula is C28H28N2O4. The van der Waals surface area contributed by atoms with Gasteiger partial charge in [-0.2, -0.15) is 0 Å². The first-order chi connectivity index (χ1) is 16.6. The Labute approximate surface area is 199 Å². The Balaban J connectivity index is 1.63. The van der Waals surface area contributed by atoms with E-state index in [0.717, 1.165) is 36.1 Å². The molecule has 174 valence electrons. The zero-order chi connectivity index (χ0) is 23.7. The van der Waals surface area contributed by atoms with Gasteiger partial charge in [0.2, 0.25) is 0 Å². The Morgan fingerprint density at radius 2 is 1.82 bits per heavy atom. The molecule has 6 nitrogen and oxygen atoms in total. The van der Waals surface area contributed by atoms with E-state index in [9.17, 15) is 9.59 Å². The molecule has 1 aliphatic carbocycles. The Bertz CT molecular complexity index is 1240. The van der Waals surface area contributed by atoms with E-state index in [1.54, 1.807) is 30.3 Å². The number of nitrogens with zero attached hydrogens (tertiary/aromatic N) is 1. The lowest BCUT2D eigenvalue weighted by Gasteiger charge is -2.40.